The van der Waals surface area contributed by atoms with E-state index in [4.69, 9.17) is 4.98 Å². The number of para-hydroxylation sites is 1. The van der Waals surface area contributed by atoms with Gasteiger partial charge >= 0.3 is 0 Å². The molecule has 0 N–H and O–H groups in total. The second kappa shape index (κ2) is 10.5. The predicted octanol–water partition coefficient (Wildman–Crippen LogP) is 6.04. The molecule has 1 saturated carbocycles. The Hall–Kier alpha value is -3.02. The van der Waals surface area contributed by atoms with E-state index in [9.17, 15) is 14.0 Å². The Balaban J connectivity index is 1.90. The first-order valence-corrected chi connectivity index (χ1v) is 12.5. The molecule has 0 bridgehead atoms. The molecule has 1 unspecified atom stereocenters. The van der Waals surface area contributed by atoms with Gasteiger partial charge in [0.25, 0.3) is 5.56 Å². The Morgan fingerprint density at radius 2 is 1.76 bits per heavy atom. The predicted molar refractivity (Wildman–Crippen MR) is 133 cm³/mol. The Bertz CT molecular complexity index is 1200. The third kappa shape index (κ3) is 4.91. The topological polar surface area (TPSA) is 55.2 Å². The number of aromatic nitrogens is 2. The lowest BCUT2D eigenvalue weighted by molar-refractivity contribution is -0.140. The molecular formula is C28H34FN3O2. The fourth-order valence-corrected chi connectivity index (χ4v) is 5.10. The van der Waals surface area contributed by atoms with Crippen molar-refractivity contribution in [3.05, 3.63) is 70.5 Å². The highest BCUT2D eigenvalue weighted by Crippen LogP contribution is 2.32. The minimum absolute atomic E-state index is 0.0213. The zero-order chi connectivity index (χ0) is 24.2. The lowest BCUT2D eigenvalue weighted by atomic mass is 9.87. The van der Waals surface area contributed by atoms with Crippen LogP contribution in [0.15, 0.2) is 53.3 Å². The summed E-state index contributed by atoms with van der Waals surface area (Å²) in [5.74, 6) is 0.616. The van der Waals surface area contributed by atoms with Crippen LogP contribution in [0.1, 0.15) is 71.2 Å². The average molecular weight is 464 g/mol. The highest BCUT2D eigenvalue weighted by Gasteiger charge is 2.33. The molecule has 34 heavy (non-hydrogen) atoms. The van der Waals surface area contributed by atoms with Crippen molar-refractivity contribution in [2.75, 3.05) is 6.54 Å². The van der Waals surface area contributed by atoms with Crippen molar-refractivity contribution in [1.29, 1.82) is 0 Å². The third-order valence-corrected chi connectivity index (χ3v) is 6.75. The van der Waals surface area contributed by atoms with Gasteiger partial charge < -0.3 is 4.90 Å². The molecule has 1 atom stereocenters. The Morgan fingerprint density at radius 1 is 1.09 bits per heavy atom. The fourth-order valence-electron chi connectivity index (χ4n) is 5.10. The molecule has 4 rings (SSSR count). The SMILES string of the molecule is CCC(c1nc2ccccc2c(=O)n1-c1ccc(F)cc1)N(CC(C)C)C(=O)C1CCCCC1. The number of halogens is 1. The molecule has 1 aliphatic carbocycles. The van der Waals surface area contributed by atoms with Gasteiger partial charge in [-0.1, -0.05) is 52.2 Å². The number of hydrogen-bond acceptors (Lipinski definition) is 3. The Kier molecular flexibility index (Phi) is 7.44. The average Bonchev–Trinajstić information content (AvgIpc) is 2.85. The van der Waals surface area contributed by atoms with Crippen LogP contribution >= 0.6 is 0 Å². The molecule has 1 amide bonds. The highest BCUT2D eigenvalue weighted by molar-refractivity contribution is 5.80. The van der Waals surface area contributed by atoms with Gasteiger partial charge in [-0.3, -0.25) is 14.2 Å². The smallest absolute Gasteiger partial charge is 0.266 e. The van der Waals surface area contributed by atoms with Gasteiger partial charge in [-0.2, -0.15) is 0 Å². The first kappa shape index (κ1) is 24.1. The van der Waals surface area contributed by atoms with Gasteiger partial charge in [-0.05, 0) is 61.6 Å². The van der Waals surface area contributed by atoms with Crippen molar-refractivity contribution in [2.24, 2.45) is 11.8 Å². The first-order chi connectivity index (χ1) is 16.4. The molecule has 1 heterocycles. The molecule has 0 saturated heterocycles. The third-order valence-electron chi connectivity index (χ3n) is 6.75. The van der Waals surface area contributed by atoms with Gasteiger partial charge in [0.1, 0.15) is 11.6 Å². The minimum atomic E-state index is -0.368. The monoisotopic (exact) mass is 463 g/mol. The normalized spacial score (nSPS) is 15.6. The number of fused-ring (bicyclic) bond motifs is 1. The number of amides is 1. The minimum Gasteiger partial charge on any atom is -0.332 e. The Morgan fingerprint density at radius 3 is 2.41 bits per heavy atom. The number of carbonyl (C=O) groups excluding carboxylic acids is 1. The summed E-state index contributed by atoms with van der Waals surface area (Å²) in [4.78, 5) is 34.4. The van der Waals surface area contributed by atoms with Crippen LogP contribution in [0.4, 0.5) is 4.39 Å². The lowest BCUT2D eigenvalue weighted by Crippen LogP contribution is -2.43. The molecule has 0 spiro atoms. The van der Waals surface area contributed by atoms with Gasteiger partial charge in [0, 0.05) is 12.5 Å². The van der Waals surface area contributed by atoms with Crippen LogP contribution in [0.3, 0.4) is 0 Å². The van der Waals surface area contributed by atoms with Crippen LogP contribution in [0.25, 0.3) is 16.6 Å². The van der Waals surface area contributed by atoms with Crippen LogP contribution < -0.4 is 5.56 Å². The van der Waals surface area contributed by atoms with Crippen molar-refractivity contribution in [1.82, 2.24) is 14.5 Å². The zero-order valence-corrected chi connectivity index (χ0v) is 20.3. The van der Waals surface area contributed by atoms with Gasteiger partial charge in [-0.25, -0.2) is 9.37 Å². The van der Waals surface area contributed by atoms with Crippen LogP contribution in [0, 0.1) is 17.7 Å². The van der Waals surface area contributed by atoms with Crippen LogP contribution in [0.2, 0.25) is 0 Å². The molecule has 6 heteroatoms. The van der Waals surface area contributed by atoms with Crippen LogP contribution in [-0.4, -0.2) is 26.9 Å². The summed E-state index contributed by atoms with van der Waals surface area (Å²) < 4.78 is 15.3. The van der Waals surface area contributed by atoms with Crippen molar-refractivity contribution < 1.29 is 9.18 Å². The number of rotatable bonds is 7. The second-order valence-electron chi connectivity index (χ2n) is 9.75. The number of benzene rings is 2. The first-order valence-electron chi connectivity index (χ1n) is 12.5. The van der Waals surface area contributed by atoms with E-state index in [1.807, 2.05) is 30.0 Å². The van der Waals surface area contributed by atoms with E-state index < -0.39 is 0 Å². The number of carbonyl (C=O) groups is 1. The summed E-state index contributed by atoms with van der Waals surface area (Å²) in [5, 5.41) is 0.499. The number of hydrogen-bond donors (Lipinski definition) is 0. The molecule has 5 nitrogen and oxygen atoms in total. The second-order valence-corrected chi connectivity index (χ2v) is 9.75. The van der Waals surface area contributed by atoms with Crippen molar-refractivity contribution >= 4 is 16.8 Å². The molecule has 180 valence electrons. The van der Waals surface area contributed by atoms with E-state index in [-0.39, 0.29) is 35.2 Å². The maximum atomic E-state index is 13.8. The van der Waals surface area contributed by atoms with Gasteiger partial charge in [-0.15, -0.1) is 0 Å². The summed E-state index contributed by atoms with van der Waals surface area (Å²) in [7, 11) is 0. The van der Waals surface area contributed by atoms with Gasteiger partial charge in [0.2, 0.25) is 5.91 Å². The van der Waals surface area contributed by atoms with E-state index >= 15 is 0 Å². The fraction of sp³-hybridized carbons (Fsp3) is 0.464. The maximum Gasteiger partial charge on any atom is 0.266 e. The van der Waals surface area contributed by atoms with E-state index in [1.165, 1.54) is 18.6 Å². The quantitative estimate of drug-likeness (QED) is 0.429. The van der Waals surface area contributed by atoms with E-state index in [0.717, 1.165) is 25.7 Å². The molecule has 1 aliphatic rings. The molecule has 0 aliphatic heterocycles. The van der Waals surface area contributed by atoms with Crippen LogP contribution in [0.5, 0.6) is 0 Å². The van der Waals surface area contributed by atoms with E-state index in [1.54, 1.807) is 22.8 Å². The van der Waals surface area contributed by atoms with Crippen molar-refractivity contribution in [2.45, 2.75) is 65.3 Å². The summed E-state index contributed by atoms with van der Waals surface area (Å²) >= 11 is 0. The summed E-state index contributed by atoms with van der Waals surface area (Å²) in [5.41, 5.74) is 0.946. The summed E-state index contributed by atoms with van der Waals surface area (Å²) in [6.45, 7) is 6.84. The zero-order valence-electron chi connectivity index (χ0n) is 20.3. The van der Waals surface area contributed by atoms with E-state index in [0.29, 0.717) is 35.4 Å². The molecular weight excluding hydrogens is 429 g/mol. The maximum absolute atomic E-state index is 13.8. The standard InChI is InChI=1S/C28H34FN3O2/c1-4-25(31(18-19(2)3)27(33)20-10-6-5-7-11-20)26-30-24-13-9-8-12-23(24)28(34)32(26)22-16-14-21(29)15-17-22/h8-9,12-17,19-20,25H,4-7,10-11,18H2,1-3H3. The highest BCUT2D eigenvalue weighted by atomic mass is 19.1. The molecule has 1 fully saturated rings. The molecule has 3 aromatic rings. The molecule has 0 radical (unpaired) electrons. The van der Waals surface area contributed by atoms with Crippen molar-refractivity contribution in [3.8, 4) is 5.69 Å². The largest absolute Gasteiger partial charge is 0.332 e. The van der Waals surface area contributed by atoms with Crippen molar-refractivity contribution in [3.63, 3.8) is 0 Å². The van der Waals surface area contributed by atoms with Crippen LogP contribution in [-0.2, 0) is 4.79 Å². The number of nitrogens with zero attached hydrogens (tertiary/aromatic N) is 3. The lowest BCUT2D eigenvalue weighted by Gasteiger charge is -2.36. The van der Waals surface area contributed by atoms with Gasteiger partial charge in [0.05, 0.1) is 22.6 Å². The summed E-state index contributed by atoms with van der Waals surface area (Å²) in [6, 6.07) is 12.8. The molecule has 2 aromatic carbocycles. The molecule has 1 aromatic heterocycles. The van der Waals surface area contributed by atoms with E-state index in [2.05, 4.69) is 13.8 Å². The summed E-state index contributed by atoms with van der Waals surface area (Å²) in [6.07, 6.45) is 5.80. The van der Waals surface area contributed by atoms with Gasteiger partial charge in [0.15, 0.2) is 0 Å². The Labute approximate surface area is 200 Å².